The number of hydrogen-bond acceptors (Lipinski definition) is 3. The van der Waals surface area contributed by atoms with Crippen LogP contribution in [0.15, 0.2) is 10.7 Å². The molecule has 1 heterocycles. The average Bonchev–Trinajstić information content (AvgIpc) is 2.76. The van der Waals surface area contributed by atoms with Crippen LogP contribution in [0.1, 0.15) is 68.5 Å². The molecular weight excluding hydrogens is 292 g/mol. The summed E-state index contributed by atoms with van der Waals surface area (Å²) in [6, 6.07) is 0. The van der Waals surface area contributed by atoms with E-state index in [4.69, 9.17) is 10.2 Å². The van der Waals surface area contributed by atoms with E-state index >= 15 is 0 Å². The highest BCUT2D eigenvalue weighted by Gasteiger charge is 2.18. The highest BCUT2D eigenvalue weighted by Crippen LogP contribution is 2.25. The molecule has 0 bridgehead atoms. The van der Waals surface area contributed by atoms with E-state index in [1.807, 2.05) is 0 Å². The monoisotopic (exact) mass is 316 g/mol. The Balaban J connectivity index is 0.00000400. The van der Waals surface area contributed by atoms with Crippen molar-refractivity contribution in [2.24, 2.45) is 5.73 Å². The van der Waals surface area contributed by atoms with Crippen LogP contribution in [-0.2, 0) is 11.2 Å². The number of nitrogens with one attached hydrogen (secondary N) is 1. The summed E-state index contributed by atoms with van der Waals surface area (Å²) in [7, 11) is 0. The Morgan fingerprint density at radius 3 is 2.38 bits per heavy atom. The molecule has 3 N–H and O–H groups in total. The molecule has 0 fully saturated rings. The third kappa shape index (κ3) is 6.67. The second-order valence-electron chi connectivity index (χ2n) is 5.02. The van der Waals surface area contributed by atoms with Crippen molar-refractivity contribution in [1.82, 2.24) is 0 Å². The molecule has 0 unspecified atom stereocenters. The van der Waals surface area contributed by atoms with Gasteiger partial charge in [0.05, 0.1) is 5.69 Å². The molecule has 0 saturated heterocycles. The van der Waals surface area contributed by atoms with Crippen LogP contribution in [0.2, 0.25) is 0 Å². The van der Waals surface area contributed by atoms with E-state index < -0.39 is 5.91 Å². The first-order valence-corrected chi connectivity index (χ1v) is 7.24. The lowest BCUT2D eigenvalue weighted by molar-refractivity contribution is -0.114. The third-order valence-electron chi connectivity index (χ3n) is 3.21. The summed E-state index contributed by atoms with van der Waals surface area (Å²) in [5.41, 5.74) is 6.55. The number of anilines is 1. The van der Waals surface area contributed by atoms with Gasteiger partial charge in [-0.3, -0.25) is 9.59 Å². The lowest BCUT2D eigenvalue weighted by Gasteiger charge is -2.05. The topological polar surface area (TPSA) is 85.3 Å². The molecule has 5 nitrogen and oxygen atoms in total. The summed E-state index contributed by atoms with van der Waals surface area (Å²) in [6.07, 6.45) is 9.04. The summed E-state index contributed by atoms with van der Waals surface area (Å²) in [5.74, 6) is -0.629. The summed E-state index contributed by atoms with van der Waals surface area (Å²) in [4.78, 5) is 22.4. The van der Waals surface area contributed by atoms with Gasteiger partial charge in [-0.25, -0.2) is 0 Å². The summed E-state index contributed by atoms with van der Waals surface area (Å²) < 4.78 is 5.16. The van der Waals surface area contributed by atoms with Crippen LogP contribution in [0, 0.1) is 0 Å². The minimum absolute atomic E-state index is 0. The van der Waals surface area contributed by atoms with Crippen molar-refractivity contribution >= 4 is 29.9 Å². The maximum atomic E-state index is 11.3. The molecular formula is C15H25ClN2O3. The Bertz CT molecular complexity index is 458. The van der Waals surface area contributed by atoms with Gasteiger partial charge in [0, 0.05) is 12.5 Å². The smallest absolute Gasteiger partial charge is 0.284 e. The van der Waals surface area contributed by atoms with E-state index in [1.54, 1.807) is 0 Å². The van der Waals surface area contributed by atoms with Crippen LogP contribution in [-0.4, -0.2) is 11.8 Å². The second kappa shape index (κ2) is 10.3. The first-order chi connectivity index (χ1) is 9.56. The molecule has 0 spiro atoms. The quantitative estimate of drug-likeness (QED) is 0.682. The lowest BCUT2D eigenvalue weighted by atomic mass is 10.0. The molecule has 1 aromatic heterocycles. The summed E-state index contributed by atoms with van der Waals surface area (Å²) in [6.45, 7) is 3.61. The molecule has 1 aromatic rings. The second-order valence-corrected chi connectivity index (χ2v) is 5.02. The highest BCUT2D eigenvalue weighted by molar-refractivity contribution is 5.96. The van der Waals surface area contributed by atoms with Gasteiger partial charge in [-0.1, -0.05) is 39.0 Å². The van der Waals surface area contributed by atoms with Crippen molar-refractivity contribution in [3.8, 4) is 0 Å². The summed E-state index contributed by atoms with van der Waals surface area (Å²) in [5, 5.41) is 2.67. The van der Waals surface area contributed by atoms with Gasteiger partial charge in [0.1, 0.15) is 6.26 Å². The molecule has 120 valence electrons. The van der Waals surface area contributed by atoms with Crippen molar-refractivity contribution in [3.63, 3.8) is 0 Å². The van der Waals surface area contributed by atoms with E-state index in [0.29, 0.717) is 17.7 Å². The van der Waals surface area contributed by atoms with E-state index in [-0.39, 0.29) is 24.1 Å². The van der Waals surface area contributed by atoms with Crippen molar-refractivity contribution in [1.29, 1.82) is 0 Å². The Hall–Kier alpha value is -1.49. The van der Waals surface area contributed by atoms with Gasteiger partial charge in [-0.15, -0.1) is 12.4 Å². The Labute approximate surface area is 132 Å². The number of primary amides is 1. The summed E-state index contributed by atoms with van der Waals surface area (Å²) >= 11 is 0. The molecule has 0 aliphatic carbocycles. The number of rotatable bonds is 9. The Morgan fingerprint density at radius 1 is 1.19 bits per heavy atom. The van der Waals surface area contributed by atoms with Gasteiger partial charge in [-0.2, -0.15) is 0 Å². The standard InChI is InChI=1S/C15H24N2O3.ClH/c1-3-4-5-6-7-8-9-12-13(17-11(2)18)10-20-14(12)15(16)19;/h10H,3-9H2,1-2H3,(H2,16,19)(H,17,18);1H. The normalized spacial score (nSPS) is 10.0. The van der Waals surface area contributed by atoms with Gasteiger partial charge in [-0.05, 0) is 12.8 Å². The molecule has 0 radical (unpaired) electrons. The zero-order valence-electron chi connectivity index (χ0n) is 12.7. The fourth-order valence-corrected chi connectivity index (χ4v) is 2.21. The predicted molar refractivity (Wildman–Crippen MR) is 85.9 cm³/mol. The average molecular weight is 317 g/mol. The van der Waals surface area contributed by atoms with Gasteiger partial charge in [0.25, 0.3) is 5.91 Å². The molecule has 0 aliphatic rings. The van der Waals surface area contributed by atoms with E-state index in [1.165, 1.54) is 38.9 Å². The number of carbonyl (C=O) groups is 2. The van der Waals surface area contributed by atoms with Crippen LogP contribution in [0.25, 0.3) is 0 Å². The van der Waals surface area contributed by atoms with Gasteiger partial charge in [0.2, 0.25) is 5.91 Å². The van der Waals surface area contributed by atoms with Crippen molar-refractivity contribution in [2.45, 2.75) is 58.8 Å². The van der Waals surface area contributed by atoms with E-state index in [2.05, 4.69) is 12.2 Å². The van der Waals surface area contributed by atoms with Gasteiger partial charge < -0.3 is 15.5 Å². The van der Waals surface area contributed by atoms with Gasteiger partial charge in [0.15, 0.2) is 5.76 Å². The largest absolute Gasteiger partial charge is 0.457 e. The van der Waals surface area contributed by atoms with Gasteiger partial charge >= 0.3 is 0 Å². The number of furan rings is 1. The van der Waals surface area contributed by atoms with Crippen LogP contribution in [0.3, 0.4) is 0 Å². The van der Waals surface area contributed by atoms with Crippen LogP contribution in [0.5, 0.6) is 0 Å². The lowest BCUT2D eigenvalue weighted by Crippen LogP contribution is -2.13. The van der Waals surface area contributed by atoms with E-state index in [0.717, 1.165) is 12.8 Å². The molecule has 0 aromatic carbocycles. The fraction of sp³-hybridized carbons (Fsp3) is 0.600. The predicted octanol–water partition coefficient (Wildman–Crippen LogP) is 3.66. The Kier molecular flexibility index (Phi) is 9.54. The molecule has 0 atom stereocenters. The number of amides is 2. The van der Waals surface area contributed by atoms with Crippen molar-refractivity contribution in [2.75, 3.05) is 5.32 Å². The minimum atomic E-state index is -0.595. The fourth-order valence-electron chi connectivity index (χ4n) is 2.21. The maximum Gasteiger partial charge on any atom is 0.284 e. The molecule has 2 amide bonds. The maximum absolute atomic E-state index is 11.3. The van der Waals surface area contributed by atoms with Crippen LogP contribution in [0.4, 0.5) is 5.69 Å². The molecule has 1 rings (SSSR count). The zero-order valence-corrected chi connectivity index (χ0v) is 13.6. The van der Waals surface area contributed by atoms with Crippen LogP contribution < -0.4 is 11.1 Å². The number of hydrogen-bond donors (Lipinski definition) is 2. The number of halogens is 1. The van der Waals surface area contributed by atoms with Crippen molar-refractivity contribution in [3.05, 3.63) is 17.6 Å². The molecule has 21 heavy (non-hydrogen) atoms. The molecule has 0 saturated carbocycles. The molecule has 6 heteroatoms. The number of nitrogens with two attached hydrogens (primary N) is 1. The zero-order chi connectivity index (χ0) is 15.0. The minimum Gasteiger partial charge on any atom is -0.457 e. The Morgan fingerprint density at radius 2 is 1.81 bits per heavy atom. The third-order valence-corrected chi connectivity index (χ3v) is 3.21. The highest BCUT2D eigenvalue weighted by atomic mass is 35.5. The number of unbranched alkanes of at least 4 members (excludes halogenated alkanes) is 5. The molecule has 0 aliphatic heterocycles. The number of carbonyl (C=O) groups excluding carboxylic acids is 2. The van der Waals surface area contributed by atoms with E-state index in [9.17, 15) is 9.59 Å². The van der Waals surface area contributed by atoms with Crippen LogP contribution >= 0.6 is 12.4 Å². The SMILES string of the molecule is CCCCCCCCc1c(NC(C)=O)coc1C(N)=O.Cl. The first kappa shape index (κ1) is 19.5. The van der Waals surface area contributed by atoms with Crippen molar-refractivity contribution < 1.29 is 14.0 Å². The first-order valence-electron chi connectivity index (χ1n) is 7.24.